The molecule has 0 aliphatic heterocycles. The maximum atomic E-state index is 13.6. The third-order valence-corrected chi connectivity index (χ3v) is 7.94. The SMILES string of the molecule is CCCCCCCCOCCOCCOCCOCCOCCOCCOCCOCCOCCOCCOCCOCCOCCC(=O)Oc1c(F)c(F)c(F)c(F)c1F. The molecule has 0 spiro atoms. The second kappa shape index (κ2) is 43.1. The lowest BCUT2D eigenvalue weighted by Crippen LogP contribution is -2.16. The van der Waals surface area contributed by atoms with Gasteiger partial charge >= 0.3 is 5.97 Å². The third-order valence-electron chi connectivity index (χ3n) is 7.94. The number of unbranched alkanes of at least 4 members (excludes halogenated alkanes) is 5. The van der Waals surface area contributed by atoms with Gasteiger partial charge in [-0.2, -0.15) is 8.78 Å². The van der Waals surface area contributed by atoms with E-state index < -0.39 is 47.2 Å². The summed E-state index contributed by atoms with van der Waals surface area (Å²) in [6, 6.07) is 0. The fraction of sp³-hybridized carbons (Fsp3) is 0.829. The lowest BCUT2D eigenvalue weighted by atomic mass is 10.1. The van der Waals surface area contributed by atoms with Crippen molar-refractivity contribution in [2.75, 3.05) is 172 Å². The Kier molecular flexibility index (Phi) is 40.1. The number of hydrogen-bond donors (Lipinski definition) is 0. The summed E-state index contributed by atoms with van der Waals surface area (Å²) in [6.07, 6.45) is 7.09. The molecule has 0 bridgehead atoms. The monoisotopic (exact) mass is 896 g/mol. The van der Waals surface area contributed by atoms with Crippen LogP contribution >= 0.6 is 0 Å². The van der Waals surface area contributed by atoms with Crippen LogP contribution in [0.4, 0.5) is 22.0 Å². The van der Waals surface area contributed by atoms with Crippen molar-refractivity contribution < 1.29 is 93.1 Å². The van der Waals surface area contributed by atoms with Gasteiger partial charge in [0.1, 0.15) is 0 Å². The Bertz CT molecular complexity index is 1130. The molecule has 0 atom stereocenters. The van der Waals surface area contributed by atoms with Crippen molar-refractivity contribution in [1.29, 1.82) is 0 Å². The molecule has 0 heterocycles. The topological polar surface area (TPSA) is 146 Å². The van der Waals surface area contributed by atoms with Gasteiger partial charge in [-0.15, -0.1) is 0 Å². The van der Waals surface area contributed by atoms with Crippen LogP contribution in [0.25, 0.3) is 0 Å². The standard InChI is InChI=1S/C41H69F5O15/c1-2-3-4-5-6-7-9-48-11-13-50-15-17-52-19-21-54-23-25-56-27-29-58-31-33-60-34-32-59-30-28-57-26-24-55-22-20-53-18-16-51-14-12-49-10-8-35(47)61-41-39(45)37(43)36(42)38(44)40(41)46/h2-34H2,1H3. The summed E-state index contributed by atoms with van der Waals surface area (Å²) in [5, 5.41) is 0. The highest BCUT2D eigenvalue weighted by Gasteiger charge is 2.28. The summed E-state index contributed by atoms with van der Waals surface area (Å²) in [7, 11) is 0. The van der Waals surface area contributed by atoms with Gasteiger partial charge in [0.05, 0.1) is 172 Å². The third kappa shape index (κ3) is 34.0. The molecule has 0 radical (unpaired) electrons. The molecule has 15 nitrogen and oxygen atoms in total. The molecule has 358 valence electrons. The molecule has 0 aromatic heterocycles. The van der Waals surface area contributed by atoms with Gasteiger partial charge in [0.15, 0.2) is 0 Å². The Morgan fingerprint density at radius 2 is 0.541 bits per heavy atom. The molecular formula is C41H69F5O15. The van der Waals surface area contributed by atoms with Gasteiger partial charge < -0.3 is 66.3 Å². The Morgan fingerprint density at radius 1 is 0.311 bits per heavy atom. The van der Waals surface area contributed by atoms with Crippen molar-refractivity contribution in [1.82, 2.24) is 0 Å². The van der Waals surface area contributed by atoms with Crippen LogP contribution in [0.2, 0.25) is 0 Å². The number of benzene rings is 1. The smallest absolute Gasteiger partial charge is 0.313 e. The molecule has 1 rings (SSSR count). The van der Waals surface area contributed by atoms with Crippen molar-refractivity contribution in [3.05, 3.63) is 29.1 Å². The van der Waals surface area contributed by atoms with E-state index in [4.69, 9.17) is 61.6 Å². The fourth-order valence-corrected chi connectivity index (χ4v) is 4.72. The van der Waals surface area contributed by atoms with Crippen LogP contribution in [0.1, 0.15) is 51.9 Å². The largest absolute Gasteiger partial charge is 0.420 e. The summed E-state index contributed by atoms with van der Waals surface area (Å²) >= 11 is 0. The van der Waals surface area contributed by atoms with Gasteiger partial charge in [0, 0.05) is 6.61 Å². The summed E-state index contributed by atoms with van der Waals surface area (Å²) in [4.78, 5) is 11.7. The molecule has 0 unspecified atom stereocenters. The quantitative estimate of drug-likeness (QED) is 0.0210. The molecule has 20 heteroatoms. The Hall–Kier alpha value is -2.18. The van der Waals surface area contributed by atoms with Crippen LogP contribution in [-0.4, -0.2) is 178 Å². The first-order chi connectivity index (χ1) is 29.9. The van der Waals surface area contributed by atoms with E-state index in [-0.39, 0.29) is 26.4 Å². The van der Waals surface area contributed by atoms with Crippen molar-refractivity contribution >= 4 is 5.97 Å². The summed E-state index contributed by atoms with van der Waals surface area (Å²) < 4.78 is 141. The molecular weight excluding hydrogens is 827 g/mol. The molecule has 0 saturated heterocycles. The predicted molar refractivity (Wildman–Crippen MR) is 211 cm³/mol. The van der Waals surface area contributed by atoms with Crippen LogP contribution in [0.3, 0.4) is 0 Å². The second-order valence-corrected chi connectivity index (χ2v) is 12.9. The van der Waals surface area contributed by atoms with Crippen molar-refractivity contribution in [3.63, 3.8) is 0 Å². The molecule has 0 amide bonds. The average molecular weight is 897 g/mol. The van der Waals surface area contributed by atoms with E-state index in [9.17, 15) is 26.7 Å². The Balaban J connectivity index is 1.68. The molecule has 1 aromatic rings. The maximum absolute atomic E-state index is 13.6. The molecule has 0 N–H and O–H groups in total. The van der Waals surface area contributed by atoms with Gasteiger partial charge in [-0.3, -0.25) is 4.79 Å². The van der Waals surface area contributed by atoms with Crippen molar-refractivity contribution in [2.45, 2.75) is 51.9 Å². The minimum absolute atomic E-state index is 0.0784. The first-order valence-corrected chi connectivity index (χ1v) is 21.1. The zero-order valence-corrected chi connectivity index (χ0v) is 35.8. The van der Waals surface area contributed by atoms with E-state index in [1.807, 2.05) is 0 Å². The van der Waals surface area contributed by atoms with E-state index in [1.165, 1.54) is 32.1 Å². The van der Waals surface area contributed by atoms with E-state index in [1.54, 1.807) is 0 Å². The number of hydrogen-bond acceptors (Lipinski definition) is 15. The molecule has 1 aromatic carbocycles. The highest BCUT2D eigenvalue weighted by atomic mass is 19.2. The van der Waals surface area contributed by atoms with E-state index in [0.717, 1.165) is 13.0 Å². The van der Waals surface area contributed by atoms with E-state index in [2.05, 4.69) is 11.7 Å². The summed E-state index contributed by atoms with van der Waals surface area (Å²) in [5.41, 5.74) is 0. The number of carbonyl (C=O) groups excluding carboxylic acids is 1. The van der Waals surface area contributed by atoms with Gasteiger partial charge in [0.2, 0.25) is 34.8 Å². The minimum atomic E-state index is -2.35. The molecule has 0 aliphatic rings. The minimum Gasteiger partial charge on any atom is -0.420 e. The zero-order valence-electron chi connectivity index (χ0n) is 35.8. The number of ether oxygens (including phenoxy) is 14. The summed E-state index contributed by atoms with van der Waals surface area (Å²) in [5.74, 6) is -14.1. The number of rotatable bonds is 47. The predicted octanol–water partition coefficient (Wildman–Crippen LogP) is 5.25. The van der Waals surface area contributed by atoms with E-state index >= 15 is 0 Å². The maximum Gasteiger partial charge on any atom is 0.313 e. The highest BCUT2D eigenvalue weighted by molar-refractivity contribution is 5.72. The molecule has 61 heavy (non-hydrogen) atoms. The van der Waals surface area contributed by atoms with Crippen molar-refractivity contribution in [3.8, 4) is 5.75 Å². The lowest BCUT2D eigenvalue weighted by molar-refractivity contribution is -0.136. The Labute approximate surface area is 357 Å². The molecule has 0 saturated carbocycles. The van der Waals surface area contributed by atoms with Gasteiger partial charge in [-0.1, -0.05) is 39.0 Å². The van der Waals surface area contributed by atoms with Crippen LogP contribution in [0.5, 0.6) is 5.75 Å². The van der Waals surface area contributed by atoms with Gasteiger partial charge in [-0.25, -0.2) is 13.2 Å². The molecule has 0 aliphatic carbocycles. The lowest BCUT2D eigenvalue weighted by Gasteiger charge is -2.09. The van der Waals surface area contributed by atoms with Gasteiger partial charge in [0.25, 0.3) is 0 Å². The fourth-order valence-electron chi connectivity index (χ4n) is 4.72. The first kappa shape index (κ1) is 56.8. The highest BCUT2D eigenvalue weighted by Crippen LogP contribution is 2.29. The van der Waals surface area contributed by atoms with Crippen LogP contribution in [-0.2, 0) is 66.4 Å². The van der Waals surface area contributed by atoms with Crippen LogP contribution in [0.15, 0.2) is 0 Å². The number of carbonyl (C=O) groups is 1. The Morgan fingerprint density at radius 3 is 0.836 bits per heavy atom. The normalized spacial score (nSPS) is 11.6. The second-order valence-electron chi connectivity index (χ2n) is 12.9. The average Bonchev–Trinajstić information content (AvgIpc) is 3.26. The molecule has 0 fully saturated rings. The summed E-state index contributed by atoms with van der Waals surface area (Å²) in [6.45, 7) is 13.1. The first-order valence-electron chi connectivity index (χ1n) is 21.1. The van der Waals surface area contributed by atoms with Gasteiger partial charge in [-0.05, 0) is 6.42 Å². The zero-order chi connectivity index (χ0) is 44.3. The number of halogens is 5. The van der Waals surface area contributed by atoms with E-state index in [0.29, 0.717) is 139 Å². The van der Waals surface area contributed by atoms with Crippen molar-refractivity contribution in [2.24, 2.45) is 0 Å². The van der Waals surface area contributed by atoms with Crippen LogP contribution < -0.4 is 4.74 Å². The number of esters is 1. The van der Waals surface area contributed by atoms with Crippen LogP contribution in [0, 0.1) is 29.1 Å².